The highest BCUT2D eigenvalue weighted by Crippen LogP contribution is 2.35. The van der Waals surface area contributed by atoms with Gasteiger partial charge in [0.25, 0.3) is 0 Å². The Morgan fingerprint density at radius 3 is 1.41 bits per heavy atom. The van der Waals surface area contributed by atoms with E-state index in [1.807, 2.05) is 48.5 Å². The van der Waals surface area contributed by atoms with Crippen molar-refractivity contribution >= 4 is 40.3 Å². The van der Waals surface area contributed by atoms with Crippen LogP contribution in [-0.2, 0) is 4.57 Å². The molecule has 0 aliphatic heterocycles. The maximum absolute atomic E-state index is 11.4. The van der Waals surface area contributed by atoms with Crippen LogP contribution in [0.3, 0.4) is 0 Å². The average molecular weight is 373 g/mol. The maximum Gasteiger partial charge on any atom is 0.337 e. The lowest BCUT2D eigenvalue weighted by Gasteiger charge is -2.05. The van der Waals surface area contributed by atoms with E-state index in [2.05, 4.69) is 31.9 Å². The van der Waals surface area contributed by atoms with E-state index in [9.17, 15) is 4.57 Å². The summed E-state index contributed by atoms with van der Waals surface area (Å²) in [5.41, 5.74) is 2.10. The molecule has 0 radical (unpaired) electrons. The molecule has 0 aliphatic rings. The van der Waals surface area contributed by atoms with E-state index in [0.717, 1.165) is 20.1 Å². The second-order valence-corrected chi connectivity index (χ2v) is 6.30. The molecule has 0 bridgehead atoms. The quantitative estimate of drug-likeness (QED) is 0.666. The van der Waals surface area contributed by atoms with E-state index in [4.69, 9.17) is 0 Å². The Kier molecular flexibility index (Phi) is 4.49. The van der Waals surface area contributed by atoms with Crippen LogP contribution in [0.25, 0.3) is 0 Å². The van der Waals surface area contributed by atoms with Gasteiger partial charge in [0.15, 0.2) is 0 Å². The van der Waals surface area contributed by atoms with Crippen LogP contribution < -0.4 is 0 Å². The van der Waals surface area contributed by atoms with E-state index in [1.54, 1.807) is 0 Å². The zero-order valence-electron chi connectivity index (χ0n) is 8.86. The second kappa shape index (κ2) is 5.90. The third kappa shape index (κ3) is 3.25. The fraction of sp³-hybridized carbons (Fsp3) is 0.0769. The third-order valence-electron chi connectivity index (χ3n) is 2.52. The van der Waals surface area contributed by atoms with Gasteiger partial charge < -0.3 is 0 Å². The standard InChI is InChI=1S/C13H9Br2OP/c14-11-5-1-9(2-6-11)13(17-16)10-3-7-12(15)8-4-10/h1-8,13H/p+1. The molecule has 1 unspecified atom stereocenters. The molecule has 1 nitrogen and oxygen atoms in total. The van der Waals surface area contributed by atoms with Gasteiger partial charge in [-0.05, 0) is 24.3 Å². The molecule has 2 aromatic carbocycles. The van der Waals surface area contributed by atoms with E-state index in [0.29, 0.717) is 0 Å². The van der Waals surface area contributed by atoms with Crippen LogP contribution in [0, 0.1) is 0 Å². The molecule has 0 heterocycles. The van der Waals surface area contributed by atoms with Crippen LogP contribution in [0.4, 0.5) is 0 Å². The van der Waals surface area contributed by atoms with Crippen molar-refractivity contribution < 1.29 is 4.57 Å². The average Bonchev–Trinajstić information content (AvgIpc) is 2.35. The summed E-state index contributed by atoms with van der Waals surface area (Å²) in [5.74, 6) is 0. The van der Waals surface area contributed by atoms with Crippen molar-refractivity contribution in [1.82, 2.24) is 0 Å². The van der Waals surface area contributed by atoms with Crippen LogP contribution in [0.15, 0.2) is 57.5 Å². The molecule has 0 saturated carbocycles. The van der Waals surface area contributed by atoms with Crippen LogP contribution in [0.1, 0.15) is 16.8 Å². The number of hydrogen-bond donors (Lipinski definition) is 0. The van der Waals surface area contributed by atoms with Crippen LogP contribution in [-0.4, -0.2) is 0 Å². The number of hydrogen-bond acceptors (Lipinski definition) is 1. The van der Waals surface area contributed by atoms with Crippen molar-refractivity contribution in [3.8, 4) is 0 Å². The first-order valence-corrected chi connectivity index (χ1v) is 7.66. The molecule has 0 spiro atoms. The first-order valence-electron chi connectivity index (χ1n) is 5.09. The van der Waals surface area contributed by atoms with Gasteiger partial charge in [0, 0.05) is 20.1 Å². The van der Waals surface area contributed by atoms with E-state index in [1.165, 1.54) is 0 Å². The molecule has 2 aromatic rings. The normalized spacial score (nSPS) is 11.0. The highest BCUT2D eigenvalue weighted by molar-refractivity contribution is 9.10. The molecule has 0 aromatic heterocycles. The highest BCUT2D eigenvalue weighted by atomic mass is 79.9. The number of benzene rings is 2. The largest absolute Gasteiger partial charge is 0.337 e. The summed E-state index contributed by atoms with van der Waals surface area (Å²) < 4.78 is 13.5. The summed E-state index contributed by atoms with van der Waals surface area (Å²) >= 11 is 6.80. The first-order chi connectivity index (χ1) is 8.20. The van der Waals surface area contributed by atoms with Crippen molar-refractivity contribution in [2.45, 2.75) is 5.66 Å². The zero-order chi connectivity index (χ0) is 12.3. The van der Waals surface area contributed by atoms with Crippen LogP contribution >= 0.6 is 40.3 Å². The van der Waals surface area contributed by atoms with Gasteiger partial charge in [0.05, 0.1) is 0 Å². The molecule has 1 atom stereocenters. The van der Waals surface area contributed by atoms with Crippen molar-refractivity contribution in [3.63, 3.8) is 0 Å². The van der Waals surface area contributed by atoms with Crippen molar-refractivity contribution in [2.24, 2.45) is 0 Å². The van der Waals surface area contributed by atoms with Gasteiger partial charge in [-0.3, -0.25) is 0 Å². The monoisotopic (exact) mass is 371 g/mol. The van der Waals surface area contributed by atoms with Gasteiger partial charge in [-0.15, -0.1) is 0 Å². The molecule has 0 saturated heterocycles. The Balaban J connectivity index is 2.36. The van der Waals surface area contributed by atoms with Crippen LogP contribution in [0.5, 0.6) is 0 Å². The smallest absolute Gasteiger partial charge is 0.0764 e. The summed E-state index contributed by atoms with van der Waals surface area (Å²) in [6.07, 6.45) is 0. The molecule has 2 rings (SSSR count). The van der Waals surface area contributed by atoms with Crippen molar-refractivity contribution in [3.05, 3.63) is 68.6 Å². The Labute approximate surface area is 119 Å². The fourth-order valence-electron chi connectivity index (χ4n) is 1.64. The van der Waals surface area contributed by atoms with Gasteiger partial charge in [-0.1, -0.05) is 60.7 Å². The molecule has 86 valence electrons. The Morgan fingerprint density at radius 1 is 0.765 bits per heavy atom. The highest BCUT2D eigenvalue weighted by Gasteiger charge is 2.20. The Morgan fingerprint density at radius 2 is 1.12 bits per heavy atom. The molecule has 0 fully saturated rings. The molecule has 0 aliphatic carbocycles. The second-order valence-electron chi connectivity index (χ2n) is 3.65. The van der Waals surface area contributed by atoms with Gasteiger partial charge in [0.1, 0.15) is 0 Å². The molecular formula is C13H10Br2OP+. The lowest BCUT2D eigenvalue weighted by atomic mass is 10.0. The summed E-state index contributed by atoms with van der Waals surface area (Å²) in [7, 11) is -0.383. The molecular weight excluding hydrogens is 363 g/mol. The topological polar surface area (TPSA) is 17.1 Å². The van der Waals surface area contributed by atoms with Crippen LogP contribution in [0.2, 0.25) is 0 Å². The molecule has 0 amide bonds. The SMILES string of the molecule is O=[PH+]C(c1ccc(Br)cc1)c1ccc(Br)cc1. The minimum absolute atomic E-state index is 0.0452. The maximum atomic E-state index is 11.4. The summed E-state index contributed by atoms with van der Waals surface area (Å²) in [6.45, 7) is 0. The summed E-state index contributed by atoms with van der Waals surface area (Å²) in [5, 5.41) is 0. The van der Waals surface area contributed by atoms with Gasteiger partial charge in [0.2, 0.25) is 5.66 Å². The van der Waals surface area contributed by atoms with Gasteiger partial charge in [-0.25, -0.2) is 0 Å². The van der Waals surface area contributed by atoms with E-state index in [-0.39, 0.29) is 14.1 Å². The third-order valence-corrected chi connectivity index (χ3v) is 4.48. The van der Waals surface area contributed by atoms with Gasteiger partial charge >= 0.3 is 8.46 Å². The van der Waals surface area contributed by atoms with E-state index >= 15 is 0 Å². The summed E-state index contributed by atoms with van der Waals surface area (Å²) in [6, 6.07) is 15.9. The number of rotatable bonds is 3. The summed E-state index contributed by atoms with van der Waals surface area (Å²) in [4.78, 5) is 0. The molecule has 17 heavy (non-hydrogen) atoms. The molecule has 4 heteroatoms. The van der Waals surface area contributed by atoms with Crippen molar-refractivity contribution in [1.29, 1.82) is 0 Å². The fourth-order valence-corrected chi connectivity index (χ4v) is 2.82. The number of halogens is 2. The van der Waals surface area contributed by atoms with Crippen molar-refractivity contribution in [2.75, 3.05) is 0 Å². The lowest BCUT2D eigenvalue weighted by molar-refractivity contribution is 0.595. The van der Waals surface area contributed by atoms with E-state index < -0.39 is 0 Å². The van der Waals surface area contributed by atoms with Gasteiger partial charge in [-0.2, -0.15) is 0 Å². The predicted molar refractivity (Wildman–Crippen MR) is 79.1 cm³/mol. The molecule has 0 N–H and O–H groups in total. The Bertz CT molecular complexity index is 462. The predicted octanol–water partition coefficient (Wildman–Crippen LogP) is 5.33. The Hall–Kier alpha value is -0.500. The first kappa shape index (κ1) is 12.9. The minimum Gasteiger partial charge on any atom is -0.0764 e. The zero-order valence-corrected chi connectivity index (χ0v) is 13.0. The lowest BCUT2D eigenvalue weighted by Crippen LogP contribution is -1.92. The minimum atomic E-state index is -0.383.